The number of halogens is 1. The van der Waals surface area contributed by atoms with Gasteiger partial charge in [0.05, 0.1) is 0 Å². The highest BCUT2D eigenvalue weighted by molar-refractivity contribution is 7.89. The Bertz CT molecular complexity index is 965. The van der Waals surface area contributed by atoms with Crippen LogP contribution < -0.4 is 10.1 Å². The van der Waals surface area contributed by atoms with E-state index >= 15 is 0 Å². The van der Waals surface area contributed by atoms with Crippen molar-refractivity contribution in [2.75, 3.05) is 25.0 Å². The lowest BCUT2D eigenvalue weighted by molar-refractivity contribution is -0.118. The van der Waals surface area contributed by atoms with Gasteiger partial charge in [-0.1, -0.05) is 29.8 Å². The molecule has 0 saturated carbocycles. The van der Waals surface area contributed by atoms with Crippen molar-refractivity contribution >= 4 is 33.2 Å². The molecule has 0 radical (unpaired) electrons. The summed E-state index contributed by atoms with van der Waals surface area (Å²) in [5.74, 6) is -0.246. The van der Waals surface area contributed by atoms with Gasteiger partial charge in [-0.05, 0) is 56.0 Å². The Hall–Kier alpha value is -2.09. The van der Waals surface area contributed by atoms with Gasteiger partial charge in [0.1, 0.15) is 10.6 Å². The van der Waals surface area contributed by atoms with E-state index in [9.17, 15) is 13.2 Å². The van der Waals surface area contributed by atoms with Crippen LogP contribution in [0.2, 0.25) is 5.02 Å². The van der Waals surface area contributed by atoms with E-state index in [1.54, 1.807) is 6.07 Å². The van der Waals surface area contributed by atoms with Gasteiger partial charge in [-0.15, -0.1) is 0 Å². The molecule has 3 rings (SSSR count). The summed E-state index contributed by atoms with van der Waals surface area (Å²) in [5.41, 5.74) is 2.62. The summed E-state index contributed by atoms with van der Waals surface area (Å²) < 4.78 is 32.8. The Kier molecular flexibility index (Phi) is 6.27. The van der Waals surface area contributed by atoms with E-state index in [1.807, 2.05) is 32.0 Å². The average Bonchev–Trinajstić information content (AvgIpc) is 3.19. The molecule has 8 heteroatoms. The molecule has 1 aliphatic heterocycles. The van der Waals surface area contributed by atoms with Gasteiger partial charge in [-0.25, -0.2) is 8.42 Å². The van der Waals surface area contributed by atoms with E-state index in [0.29, 0.717) is 18.1 Å². The molecule has 2 aromatic carbocycles. The molecule has 0 aliphatic carbocycles. The lowest BCUT2D eigenvalue weighted by Crippen LogP contribution is -2.29. The lowest BCUT2D eigenvalue weighted by Gasteiger charge is -2.18. The Balaban J connectivity index is 1.77. The second-order valence-electron chi connectivity index (χ2n) is 6.81. The highest BCUT2D eigenvalue weighted by Crippen LogP contribution is 2.31. The van der Waals surface area contributed by atoms with E-state index in [1.165, 1.54) is 16.4 Å². The van der Waals surface area contributed by atoms with E-state index in [-0.39, 0.29) is 23.2 Å². The molecular formula is C20H23ClN2O4S. The predicted molar refractivity (Wildman–Crippen MR) is 109 cm³/mol. The fraction of sp³-hybridized carbons (Fsp3) is 0.350. The van der Waals surface area contributed by atoms with Gasteiger partial charge in [-0.2, -0.15) is 4.31 Å². The quantitative estimate of drug-likeness (QED) is 0.769. The van der Waals surface area contributed by atoms with Gasteiger partial charge >= 0.3 is 0 Å². The molecule has 1 saturated heterocycles. The van der Waals surface area contributed by atoms with Crippen molar-refractivity contribution in [2.24, 2.45) is 0 Å². The first kappa shape index (κ1) is 20.6. The number of carbonyl (C=O) groups excluding carboxylic acids is 1. The minimum absolute atomic E-state index is 0.0122. The van der Waals surface area contributed by atoms with Gasteiger partial charge in [0, 0.05) is 23.8 Å². The Morgan fingerprint density at radius 3 is 2.43 bits per heavy atom. The van der Waals surface area contributed by atoms with Crippen LogP contribution >= 0.6 is 11.6 Å². The lowest BCUT2D eigenvalue weighted by atomic mass is 10.1. The zero-order valence-electron chi connectivity index (χ0n) is 15.9. The number of para-hydroxylation sites is 1. The number of sulfonamides is 1. The second-order valence-corrected chi connectivity index (χ2v) is 9.15. The molecule has 0 spiro atoms. The molecule has 0 atom stereocenters. The maximum absolute atomic E-state index is 12.9. The van der Waals surface area contributed by atoms with Gasteiger partial charge in [0.2, 0.25) is 10.0 Å². The smallest absolute Gasteiger partial charge is 0.262 e. The number of ether oxygens (including phenoxy) is 1. The number of carbonyl (C=O) groups is 1. The van der Waals surface area contributed by atoms with Crippen molar-refractivity contribution in [3.05, 3.63) is 52.5 Å². The predicted octanol–water partition coefficient (Wildman–Crippen LogP) is 3.76. The van der Waals surface area contributed by atoms with Crippen molar-refractivity contribution in [1.82, 2.24) is 4.31 Å². The molecule has 1 aliphatic rings. The summed E-state index contributed by atoms with van der Waals surface area (Å²) in [6.07, 6.45) is 1.66. The maximum atomic E-state index is 12.9. The van der Waals surface area contributed by atoms with Gasteiger partial charge < -0.3 is 10.1 Å². The number of aryl methyl sites for hydroxylation is 2. The van der Waals surface area contributed by atoms with Crippen molar-refractivity contribution in [3.8, 4) is 5.75 Å². The summed E-state index contributed by atoms with van der Waals surface area (Å²) in [6, 6.07) is 10.1. The normalized spacial score (nSPS) is 14.8. The number of nitrogens with zero attached hydrogens (tertiary/aromatic N) is 1. The van der Waals surface area contributed by atoms with Crippen LogP contribution in [0.3, 0.4) is 0 Å². The average molecular weight is 423 g/mol. The molecular weight excluding hydrogens is 400 g/mol. The third-order valence-electron chi connectivity index (χ3n) is 4.69. The zero-order valence-corrected chi connectivity index (χ0v) is 17.4. The molecule has 150 valence electrons. The first-order valence-electron chi connectivity index (χ1n) is 9.07. The molecule has 2 aromatic rings. The van der Waals surface area contributed by atoms with Crippen LogP contribution in [0.5, 0.6) is 5.75 Å². The monoisotopic (exact) mass is 422 g/mol. The second kappa shape index (κ2) is 8.51. The van der Waals surface area contributed by atoms with Crippen LogP contribution in [0.1, 0.15) is 24.0 Å². The number of hydrogen-bond acceptors (Lipinski definition) is 4. The highest BCUT2D eigenvalue weighted by atomic mass is 35.5. The topological polar surface area (TPSA) is 75.7 Å². The standard InChI is InChI=1S/C20H23ClN2O4S/c1-14-6-5-7-15(2)20(14)22-19(24)13-27-17-9-8-16(21)12-18(17)28(25,26)23-10-3-4-11-23/h5-9,12H,3-4,10-11,13H2,1-2H3,(H,22,24). The zero-order chi connectivity index (χ0) is 20.3. The fourth-order valence-electron chi connectivity index (χ4n) is 3.20. The molecule has 1 heterocycles. The van der Waals surface area contributed by atoms with Crippen molar-refractivity contribution in [2.45, 2.75) is 31.6 Å². The molecule has 28 heavy (non-hydrogen) atoms. The SMILES string of the molecule is Cc1cccc(C)c1NC(=O)COc1ccc(Cl)cc1S(=O)(=O)N1CCCC1. The summed E-state index contributed by atoms with van der Waals surface area (Å²) in [6.45, 7) is 4.45. The van der Waals surface area contributed by atoms with Gasteiger partial charge in [-0.3, -0.25) is 4.79 Å². The summed E-state index contributed by atoms with van der Waals surface area (Å²) in [4.78, 5) is 12.3. The maximum Gasteiger partial charge on any atom is 0.262 e. The molecule has 0 bridgehead atoms. The van der Waals surface area contributed by atoms with E-state index in [2.05, 4.69) is 5.32 Å². The highest BCUT2D eigenvalue weighted by Gasteiger charge is 2.30. The number of rotatable bonds is 6. The van der Waals surface area contributed by atoms with Crippen LogP contribution in [0, 0.1) is 13.8 Å². The van der Waals surface area contributed by atoms with Crippen LogP contribution in [-0.4, -0.2) is 38.3 Å². The van der Waals surface area contributed by atoms with Crippen LogP contribution in [-0.2, 0) is 14.8 Å². The van der Waals surface area contributed by atoms with E-state index < -0.39 is 10.0 Å². The van der Waals surface area contributed by atoms with Crippen LogP contribution in [0.4, 0.5) is 5.69 Å². The number of anilines is 1. The van der Waals surface area contributed by atoms with Gasteiger partial charge in [0.15, 0.2) is 6.61 Å². The van der Waals surface area contributed by atoms with Gasteiger partial charge in [0.25, 0.3) is 5.91 Å². The number of amides is 1. The summed E-state index contributed by atoms with van der Waals surface area (Å²) in [5, 5.41) is 3.12. The minimum Gasteiger partial charge on any atom is -0.482 e. The van der Waals surface area contributed by atoms with Crippen molar-refractivity contribution < 1.29 is 17.9 Å². The first-order valence-corrected chi connectivity index (χ1v) is 10.9. The fourth-order valence-corrected chi connectivity index (χ4v) is 5.11. The third kappa shape index (κ3) is 4.48. The van der Waals surface area contributed by atoms with E-state index in [4.69, 9.17) is 16.3 Å². The van der Waals surface area contributed by atoms with Crippen molar-refractivity contribution in [3.63, 3.8) is 0 Å². The summed E-state index contributed by atoms with van der Waals surface area (Å²) >= 11 is 6.02. The molecule has 1 amide bonds. The van der Waals surface area contributed by atoms with Crippen molar-refractivity contribution in [1.29, 1.82) is 0 Å². The first-order chi connectivity index (χ1) is 13.3. The molecule has 1 N–H and O–H groups in total. The molecule has 6 nitrogen and oxygen atoms in total. The molecule has 0 aromatic heterocycles. The van der Waals surface area contributed by atoms with Crippen LogP contribution in [0.25, 0.3) is 0 Å². The Labute approximate surface area is 170 Å². The Morgan fingerprint density at radius 1 is 1.14 bits per heavy atom. The molecule has 0 unspecified atom stereocenters. The largest absolute Gasteiger partial charge is 0.482 e. The Morgan fingerprint density at radius 2 is 1.79 bits per heavy atom. The van der Waals surface area contributed by atoms with Crippen LogP contribution in [0.15, 0.2) is 41.3 Å². The summed E-state index contributed by atoms with van der Waals surface area (Å²) in [7, 11) is -3.72. The van der Waals surface area contributed by atoms with E-state index in [0.717, 1.165) is 29.7 Å². The molecule has 1 fully saturated rings. The number of hydrogen-bond donors (Lipinski definition) is 1. The number of benzene rings is 2. The minimum atomic E-state index is -3.72. The third-order valence-corrected chi connectivity index (χ3v) is 6.85. The number of nitrogens with one attached hydrogen (secondary N) is 1.